The van der Waals surface area contributed by atoms with Crippen LogP contribution in [0.4, 0.5) is 5.69 Å². The highest BCUT2D eigenvalue weighted by Gasteiger charge is 2.31. The SMILES string of the molecule is O=C(NCc1ccncc1)c1ccc(N2CCCCC2)c(S(=O)(=O)N2CCCCC2)c1. The quantitative estimate of drug-likeness (QED) is 0.743. The minimum atomic E-state index is -3.66. The third-order valence-corrected chi connectivity index (χ3v) is 7.98. The number of hydrogen-bond acceptors (Lipinski definition) is 5. The summed E-state index contributed by atoms with van der Waals surface area (Å²) in [7, 11) is -3.66. The summed E-state index contributed by atoms with van der Waals surface area (Å²) < 4.78 is 28.7. The Bertz CT molecular complexity index is 999. The van der Waals surface area contributed by atoms with Gasteiger partial charge in [-0.05, 0) is 68.0 Å². The molecule has 1 amide bonds. The summed E-state index contributed by atoms with van der Waals surface area (Å²) in [4.78, 5) is 19.2. The van der Waals surface area contributed by atoms with Crippen LogP contribution in [0.3, 0.4) is 0 Å². The number of nitrogens with one attached hydrogen (secondary N) is 1. The average molecular weight is 443 g/mol. The van der Waals surface area contributed by atoms with Crippen LogP contribution in [0.2, 0.25) is 0 Å². The number of carbonyl (C=O) groups is 1. The lowest BCUT2D eigenvalue weighted by atomic mass is 10.1. The van der Waals surface area contributed by atoms with Crippen LogP contribution in [0.1, 0.15) is 54.4 Å². The van der Waals surface area contributed by atoms with Crippen LogP contribution in [0, 0.1) is 0 Å². The molecule has 166 valence electrons. The van der Waals surface area contributed by atoms with Gasteiger partial charge < -0.3 is 10.2 Å². The minimum absolute atomic E-state index is 0.257. The lowest BCUT2D eigenvalue weighted by Gasteiger charge is -2.33. The Morgan fingerprint density at radius 2 is 1.55 bits per heavy atom. The van der Waals surface area contributed by atoms with Crippen LogP contribution < -0.4 is 10.2 Å². The molecule has 1 aromatic heterocycles. The molecular weight excluding hydrogens is 412 g/mol. The number of anilines is 1. The maximum absolute atomic E-state index is 13.6. The van der Waals surface area contributed by atoms with Crippen molar-refractivity contribution >= 4 is 21.6 Å². The molecule has 0 atom stereocenters. The van der Waals surface area contributed by atoms with E-state index in [2.05, 4.69) is 15.2 Å². The second kappa shape index (κ2) is 9.78. The molecule has 2 saturated heterocycles. The highest BCUT2D eigenvalue weighted by Crippen LogP contribution is 2.32. The van der Waals surface area contributed by atoms with E-state index >= 15 is 0 Å². The van der Waals surface area contributed by atoms with Gasteiger partial charge in [-0.15, -0.1) is 0 Å². The molecule has 2 aromatic rings. The summed E-state index contributed by atoms with van der Waals surface area (Å²) >= 11 is 0. The predicted octanol–water partition coefficient (Wildman–Crippen LogP) is 3.18. The molecule has 0 radical (unpaired) electrons. The van der Waals surface area contributed by atoms with E-state index in [0.717, 1.165) is 56.4 Å². The van der Waals surface area contributed by atoms with Crippen molar-refractivity contribution in [3.05, 3.63) is 53.9 Å². The summed E-state index contributed by atoms with van der Waals surface area (Å²) in [6.07, 6.45) is 9.45. The Labute approximate surface area is 184 Å². The molecule has 1 aromatic carbocycles. The molecule has 2 aliphatic rings. The average Bonchev–Trinajstić information content (AvgIpc) is 2.84. The molecular formula is C23H30N4O3S. The summed E-state index contributed by atoms with van der Waals surface area (Å²) in [5.41, 5.74) is 2.02. The van der Waals surface area contributed by atoms with Gasteiger partial charge >= 0.3 is 0 Å². The molecule has 7 nitrogen and oxygen atoms in total. The zero-order chi connectivity index (χ0) is 21.7. The van der Waals surface area contributed by atoms with Gasteiger partial charge in [0, 0.05) is 50.7 Å². The van der Waals surface area contributed by atoms with Crippen molar-refractivity contribution in [2.75, 3.05) is 31.1 Å². The number of rotatable bonds is 6. The zero-order valence-electron chi connectivity index (χ0n) is 17.8. The number of aromatic nitrogens is 1. The number of piperidine rings is 2. The van der Waals surface area contributed by atoms with E-state index in [1.54, 1.807) is 28.8 Å². The van der Waals surface area contributed by atoms with E-state index in [1.807, 2.05) is 18.2 Å². The molecule has 4 rings (SSSR count). The fourth-order valence-electron chi connectivity index (χ4n) is 4.29. The summed E-state index contributed by atoms with van der Waals surface area (Å²) in [5.74, 6) is -0.280. The van der Waals surface area contributed by atoms with Crippen LogP contribution in [-0.2, 0) is 16.6 Å². The van der Waals surface area contributed by atoms with Crippen LogP contribution in [0.15, 0.2) is 47.6 Å². The Hall–Kier alpha value is -2.45. The van der Waals surface area contributed by atoms with E-state index in [4.69, 9.17) is 0 Å². The maximum atomic E-state index is 13.6. The molecule has 31 heavy (non-hydrogen) atoms. The molecule has 0 saturated carbocycles. The number of pyridine rings is 1. The summed E-state index contributed by atoms with van der Waals surface area (Å²) in [6, 6.07) is 8.79. The van der Waals surface area contributed by atoms with Gasteiger partial charge in [-0.3, -0.25) is 9.78 Å². The smallest absolute Gasteiger partial charge is 0.251 e. The van der Waals surface area contributed by atoms with Crippen molar-refractivity contribution in [2.45, 2.75) is 50.0 Å². The van der Waals surface area contributed by atoms with Gasteiger partial charge in [0.2, 0.25) is 10.0 Å². The van der Waals surface area contributed by atoms with Crippen molar-refractivity contribution in [1.29, 1.82) is 0 Å². The number of sulfonamides is 1. The van der Waals surface area contributed by atoms with Gasteiger partial charge in [0.05, 0.1) is 5.69 Å². The summed E-state index contributed by atoms with van der Waals surface area (Å²) in [5, 5.41) is 2.88. The molecule has 0 bridgehead atoms. The lowest BCUT2D eigenvalue weighted by molar-refractivity contribution is 0.0950. The van der Waals surface area contributed by atoms with E-state index in [0.29, 0.717) is 25.2 Å². The number of carbonyl (C=O) groups excluding carboxylic acids is 1. The largest absolute Gasteiger partial charge is 0.370 e. The topological polar surface area (TPSA) is 82.6 Å². The highest BCUT2D eigenvalue weighted by atomic mass is 32.2. The van der Waals surface area contributed by atoms with Gasteiger partial charge in [0.25, 0.3) is 5.91 Å². The first-order valence-electron chi connectivity index (χ1n) is 11.1. The van der Waals surface area contributed by atoms with Crippen LogP contribution in [0.5, 0.6) is 0 Å². The van der Waals surface area contributed by atoms with Gasteiger partial charge in [-0.1, -0.05) is 6.42 Å². The second-order valence-corrected chi connectivity index (χ2v) is 10.1. The van der Waals surface area contributed by atoms with Crippen molar-refractivity contribution < 1.29 is 13.2 Å². The van der Waals surface area contributed by atoms with Gasteiger partial charge in [-0.2, -0.15) is 4.31 Å². The Morgan fingerprint density at radius 1 is 0.903 bits per heavy atom. The first-order valence-corrected chi connectivity index (χ1v) is 12.6. The molecule has 0 spiro atoms. The molecule has 2 aliphatic heterocycles. The van der Waals surface area contributed by atoms with E-state index in [9.17, 15) is 13.2 Å². The number of benzene rings is 1. The highest BCUT2D eigenvalue weighted by molar-refractivity contribution is 7.89. The monoisotopic (exact) mass is 442 g/mol. The summed E-state index contributed by atoms with van der Waals surface area (Å²) in [6.45, 7) is 3.14. The van der Waals surface area contributed by atoms with Crippen molar-refractivity contribution in [2.24, 2.45) is 0 Å². The predicted molar refractivity (Wildman–Crippen MR) is 121 cm³/mol. The Kier molecular flexibility index (Phi) is 6.87. The first kappa shape index (κ1) is 21.8. The minimum Gasteiger partial charge on any atom is -0.370 e. The van der Waals surface area contributed by atoms with Crippen LogP contribution in [0.25, 0.3) is 0 Å². The number of nitrogens with zero attached hydrogens (tertiary/aromatic N) is 3. The second-order valence-electron chi connectivity index (χ2n) is 8.23. The van der Waals surface area contributed by atoms with Crippen molar-refractivity contribution in [1.82, 2.24) is 14.6 Å². The Morgan fingerprint density at radius 3 is 2.23 bits per heavy atom. The van der Waals surface area contributed by atoms with E-state index < -0.39 is 10.0 Å². The third kappa shape index (κ3) is 5.07. The van der Waals surface area contributed by atoms with Crippen molar-refractivity contribution in [3.8, 4) is 0 Å². The molecule has 8 heteroatoms. The van der Waals surface area contributed by atoms with Crippen molar-refractivity contribution in [3.63, 3.8) is 0 Å². The van der Waals surface area contributed by atoms with E-state index in [1.165, 1.54) is 6.42 Å². The Balaban J connectivity index is 1.63. The van der Waals surface area contributed by atoms with E-state index in [-0.39, 0.29) is 10.8 Å². The molecule has 0 aliphatic carbocycles. The maximum Gasteiger partial charge on any atom is 0.251 e. The van der Waals surface area contributed by atoms with Crippen LogP contribution >= 0.6 is 0 Å². The number of hydrogen-bond donors (Lipinski definition) is 1. The standard InChI is InChI=1S/C23H30N4O3S/c28-23(25-18-19-9-11-24-12-10-19)20-7-8-21(26-13-3-1-4-14-26)22(17-20)31(29,30)27-15-5-2-6-16-27/h7-12,17H,1-6,13-16,18H2,(H,25,28). The first-order chi connectivity index (χ1) is 15.1. The normalized spacial score (nSPS) is 18.0. The molecule has 2 fully saturated rings. The molecule has 1 N–H and O–H groups in total. The number of amides is 1. The molecule has 0 unspecified atom stereocenters. The fourth-order valence-corrected chi connectivity index (χ4v) is 6.04. The van der Waals surface area contributed by atoms with Gasteiger partial charge in [0.15, 0.2) is 0 Å². The fraction of sp³-hybridized carbons (Fsp3) is 0.478. The van der Waals surface area contributed by atoms with Gasteiger partial charge in [0.1, 0.15) is 4.90 Å². The van der Waals surface area contributed by atoms with Crippen LogP contribution in [-0.4, -0.2) is 49.8 Å². The van der Waals surface area contributed by atoms with Gasteiger partial charge in [-0.25, -0.2) is 8.42 Å². The zero-order valence-corrected chi connectivity index (χ0v) is 18.6. The third-order valence-electron chi connectivity index (χ3n) is 6.05. The lowest BCUT2D eigenvalue weighted by Crippen LogP contribution is -2.38. The molecule has 3 heterocycles.